The summed E-state index contributed by atoms with van der Waals surface area (Å²) in [6.45, 7) is 7.42. The monoisotopic (exact) mass is 125 g/mol. The van der Waals surface area contributed by atoms with Crippen molar-refractivity contribution in [1.29, 1.82) is 0 Å². The van der Waals surface area contributed by atoms with E-state index in [1.54, 1.807) is 0 Å². The molecule has 1 saturated heterocycles. The van der Waals surface area contributed by atoms with Crippen molar-refractivity contribution in [2.24, 2.45) is 0 Å². The van der Waals surface area contributed by atoms with Crippen molar-refractivity contribution in [3.8, 4) is 0 Å². The molecule has 1 rings (SSSR count). The van der Waals surface area contributed by atoms with Crippen molar-refractivity contribution in [3.63, 3.8) is 0 Å². The average Bonchev–Trinajstić information content (AvgIpc) is 1.80. The maximum absolute atomic E-state index is 3.97. The maximum atomic E-state index is 3.97. The summed E-state index contributed by atoms with van der Waals surface area (Å²) in [6.07, 6.45) is 2.39. The van der Waals surface area contributed by atoms with Crippen molar-refractivity contribution < 1.29 is 0 Å². The van der Waals surface area contributed by atoms with Gasteiger partial charge < -0.3 is 4.90 Å². The molecule has 1 atom stereocenters. The highest BCUT2D eigenvalue weighted by molar-refractivity contribution is 5.01. The van der Waals surface area contributed by atoms with Crippen molar-refractivity contribution in [2.45, 2.75) is 25.8 Å². The fourth-order valence-corrected chi connectivity index (χ4v) is 1.23. The lowest BCUT2D eigenvalue weighted by molar-refractivity contribution is 0.232. The first-order valence-electron chi connectivity index (χ1n) is 3.57. The van der Waals surface area contributed by atoms with Crippen LogP contribution in [0.4, 0.5) is 0 Å². The molecule has 1 unspecified atom stereocenters. The van der Waals surface area contributed by atoms with Gasteiger partial charge in [0.25, 0.3) is 0 Å². The lowest BCUT2D eigenvalue weighted by Crippen LogP contribution is -2.34. The largest absolute Gasteiger partial charge is 0.303 e. The number of piperidine rings is 1. The molecule has 1 fully saturated rings. The minimum absolute atomic E-state index is 0.714. The third-order valence-electron chi connectivity index (χ3n) is 2.15. The molecule has 0 spiro atoms. The summed E-state index contributed by atoms with van der Waals surface area (Å²) in [7, 11) is 2.18. The molecule has 9 heavy (non-hydrogen) atoms. The van der Waals surface area contributed by atoms with Gasteiger partial charge in [-0.15, -0.1) is 0 Å². The molecule has 1 aliphatic rings. The summed E-state index contributed by atoms with van der Waals surface area (Å²) in [6, 6.07) is 0.714. The van der Waals surface area contributed by atoms with Gasteiger partial charge in [-0.2, -0.15) is 0 Å². The number of hydrogen-bond donors (Lipinski definition) is 0. The first kappa shape index (κ1) is 6.81. The van der Waals surface area contributed by atoms with Crippen LogP contribution in [0.15, 0.2) is 12.2 Å². The first-order chi connectivity index (χ1) is 4.20. The van der Waals surface area contributed by atoms with Gasteiger partial charge in [0.05, 0.1) is 0 Å². The van der Waals surface area contributed by atoms with Crippen LogP contribution in [0.25, 0.3) is 0 Å². The zero-order valence-corrected chi connectivity index (χ0v) is 6.35. The van der Waals surface area contributed by atoms with Crippen molar-refractivity contribution in [1.82, 2.24) is 4.90 Å². The molecule has 1 heteroatoms. The second-order valence-electron chi connectivity index (χ2n) is 3.03. The second-order valence-corrected chi connectivity index (χ2v) is 3.03. The molecule has 52 valence electrons. The van der Waals surface area contributed by atoms with Gasteiger partial charge in [0.2, 0.25) is 0 Å². The van der Waals surface area contributed by atoms with Gasteiger partial charge in [0.1, 0.15) is 0 Å². The van der Waals surface area contributed by atoms with Gasteiger partial charge in [-0.25, -0.2) is 0 Å². The highest BCUT2D eigenvalue weighted by Gasteiger charge is 2.15. The van der Waals surface area contributed by atoms with Crippen molar-refractivity contribution in [2.75, 3.05) is 13.6 Å². The summed E-state index contributed by atoms with van der Waals surface area (Å²) in [5, 5.41) is 0. The number of rotatable bonds is 0. The quantitative estimate of drug-likeness (QED) is 0.445. The first-order valence-corrected chi connectivity index (χ1v) is 3.57. The van der Waals surface area contributed by atoms with E-state index in [9.17, 15) is 0 Å². The van der Waals surface area contributed by atoms with Gasteiger partial charge in [-0.3, -0.25) is 0 Å². The van der Waals surface area contributed by atoms with Gasteiger partial charge in [0.15, 0.2) is 0 Å². The summed E-state index contributed by atoms with van der Waals surface area (Å²) in [4.78, 5) is 2.38. The molecule has 0 N–H and O–H groups in total. The Balaban J connectivity index is 2.44. The molecule has 1 heterocycles. The Labute approximate surface area is 57.4 Å². The average molecular weight is 125 g/mol. The predicted molar refractivity (Wildman–Crippen MR) is 40.5 cm³/mol. The van der Waals surface area contributed by atoms with Gasteiger partial charge in [-0.1, -0.05) is 12.2 Å². The van der Waals surface area contributed by atoms with E-state index in [4.69, 9.17) is 0 Å². The van der Waals surface area contributed by atoms with Crippen molar-refractivity contribution >= 4 is 0 Å². The van der Waals surface area contributed by atoms with Crippen LogP contribution in [0.5, 0.6) is 0 Å². The predicted octanol–water partition coefficient (Wildman–Crippen LogP) is 1.66. The Morgan fingerprint density at radius 3 is 2.78 bits per heavy atom. The smallest absolute Gasteiger partial charge is 0.0101 e. The number of likely N-dealkylation sites (tertiary alicyclic amines) is 1. The van der Waals surface area contributed by atoms with Gasteiger partial charge in [0, 0.05) is 12.6 Å². The third-order valence-corrected chi connectivity index (χ3v) is 2.15. The molecule has 0 radical (unpaired) electrons. The van der Waals surface area contributed by atoms with Crippen LogP contribution in [0.3, 0.4) is 0 Å². The highest BCUT2D eigenvalue weighted by atomic mass is 15.1. The lowest BCUT2D eigenvalue weighted by Gasteiger charge is -2.30. The summed E-state index contributed by atoms with van der Waals surface area (Å²) < 4.78 is 0. The Hall–Kier alpha value is -0.300. The van der Waals surface area contributed by atoms with E-state index in [1.807, 2.05) is 0 Å². The van der Waals surface area contributed by atoms with E-state index in [0.29, 0.717) is 6.04 Å². The van der Waals surface area contributed by atoms with Crippen LogP contribution in [-0.4, -0.2) is 24.5 Å². The zero-order valence-electron chi connectivity index (χ0n) is 6.35. The Kier molecular flexibility index (Phi) is 1.91. The molecule has 0 amide bonds. The molecule has 0 aliphatic carbocycles. The van der Waals surface area contributed by atoms with Crippen LogP contribution in [0.1, 0.15) is 19.8 Å². The SMILES string of the molecule is C=C1CCN(C)C(C)C1. The molecular formula is C8H15N. The van der Waals surface area contributed by atoms with Crippen LogP contribution in [0.2, 0.25) is 0 Å². The standard InChI is InChI=1S/C8H15N/c1-7-4-5-9(3)8(2)6-7/h8H,1,4-6H2,2-3H3. The lowest BCUT2D eigenvalue weighted by atomic mass is 10.0. The molecule has 0 bridgehead atoms. The fourth-order valence-electron chi connectivity index (χ4n) is 1.23. The maximum Gasteiger partial charge on any atom is 0.0101 e. The minimum Gasteiger partial charge on any atom is -0.303 e. The van der Waals surface area contributed by atoms with Crippen molar-refractivity contribution in [3.05, 3.63) is 12.2 Å². The number of hydrogen-bond acceptors (Lipinski definition) is 1. The third kappa shape index (κ3) is 1.55. The molecule has 1 aliphatic heterocycles. The van der Waals surface area contributed by atoms with E-state index in [1.165, 1.54) is 25.0 Å². The Morgan fingerprint density at radius 2 is 2.33 bits per heavy atom. The van der Waals surface area contributed by atoms with E-state index in [0.717, 1.165) is 0 Å². The Morgan fingerprint density at radius 1 is 1.67 bits per heavy atom. The van der Waals surface area contributed by atoms with E-state index in [2.05, 4.69) is 25.5 Å². The van der Waals surface area contributed by atoms with E-state index >= 15 is 0 Å². The van der Waals surface area contributed by atoms with Gasteiger partial charge >= 0.3 is 0 Å². The summed E-state index contributed by atoms with van der Waals surface area (Å²) in [5.74, 6) is 0. The summed E-state index contributed by atoms with van der Waals surface area (Å²) in [5.41, 5.74) is 1.42. The van der Waals surface area contributed by atoms with Crippen LogP contribution < -0.4 is 0 Å². The fraction of sp³-hybridized carbons (Fsp3) is 0.750. The second kappa shape index (κ2) is 2.53. The molecular weight excluding hydrogens is 110 g/mol. The van der Waals surface area contributed by atoms with Crippen LogP contribution >= 0.6 is 0 Å². The van der Waals surface area contributed by atoms with Crippen LogP contribution in [0, 0.1) is 0 Å². The summed E-state index contributed by atoms with van der Waals surface area (Å²) >= 11 is 0. The molecule has 0 saturated carbocycles. The van der Waals surface area contributed by atoms with Crippen LogP contribution in [-0.2, 0) is 0 Å². The van der Waals surface area contributed by atoms with E-state index in [-0.39, 0.29) is 0 Å². The molecule has 0 aromatic heterocycles. The molecule has 0 aromatic carbocycles. The topological polar surface area (TPSA) is 3.24 Å². The molecule has 1 nitrogen and oxygen atoms in total. The normalized spacial score (nSPS) is 30.9. The molecule has 0 aromatic rings. The Bertz CT molecular complexity index is 118. The number of nitrogens with zero attached hydrogens (tertiary/aromatic N) is 1. The zero-order chi connectivity index (χ0) is 6.85. The van der Waals surface area contributed by atoms with Gasteiger partial charge in [-0.05, 0) is 26.8 Å². The highest BCUT2D eigenvalue weighted by Crippen LogP contribution is 2.17. The van der Waals surface area contributed by atoms with E-state index < -0.39 is 0 Å². The minimum atomic E-state index is 0.714.